The zero-order chi connectivity index (χ0) is 14.1. The standard InChI is InChI=1S/C16H31NO2/c1-3-5-9-13(4-2)12-19-16(18)15(17)14-10-7-6-8-11-14/h13-15H,3-12,17H2,1-2H3. The van der Waals surface area contributed by atoms with E-state index in [0.717, 1.165) is 25.7 Å². The highest BCUT2D eigenvalue weighted by Gasteiger charge is 2.27. The number of rotatable bonds is 8. The minimum atomic E-state index is -0.399. The monoisotopic (exact) mass is 269 g/mol. The van der Waals surface area contributed by atoms with Crippen molar-refractivity contribution < 1.29 is 9.53 Å². The van der Waals surface area contributed by atoms with Crippen molar-refractivity contribution in [2.24, 2.45) is 17.6 Å². The van der Waals surface area contributed by atoms with E-state index in [0.29, 0.717) is 18.4 Å². The van der Waals surface area contributed by atoms with Crippen molar-refractivity contribution in [2.45, 2.75) is 77.7 Å². The topological polar surface area (TPSA) is 52.3 Å². The molecular weight excluding hydrogens is 238 g/mol. The fourth-order valence-electron chi connectivity index (χ4n) is 2.88. The van der Waals surface area contributed by atoms with Crippen LogP contribution in [0, 0.1) is 11.8 Å². The molecule has 0 amide bonds. The van der Waals surface area contributed by atoms with Gasteiger partial charge in [-0.05, 0) is 31.1 Å². The molecule has 3 heteroatoms. The zero-order valence-electron chi connectivity index (χ0n) is 12.7. The predicted molar refractivity (Wildman–Crippen MR) is 78.8 cm³/mol. The molecule has 112 valence electrons. The van der Waals surface area contributed by atoms with Crippen molar-refractivity contribution in [1.82, 2.24) is 0 Å². The molecule has 3 nitrogen and oxygen atoms in total. The van der Waals surface area contributed by atoms with E-state index in [4.69, 9.17) is 10.5 Å². The minimum absolute atomic E-state index is 0.179. The quantitative estimate of drug-likeness (QED) is 0.684. The third-order valence-electron chi connectivity index (χ3n) is 4.43. The first-order valence-electron chi connectivity index (χ1n) is 8.11. The van der Waals surface area contributed by atoms with E-state index >= 15 is 0 Å². The number of hydrogen-bond acceptors (Lipinski definition) is 3. The summed E-state index contributed by atoms with van der Waals surface area (Å²) in [6.07, 6.45) is 10.5. The Hall–Kier alpha value is -0.570. The van der Waals surface area contributed by atoms with Crippen LogP contribution < -0.4 is 5.73 Å². The summed E-state index contributed by atoms with van der Waals surface area (Å²) in [7, 11) is 0. The fourth-order valence-corrected chi connectivity index (χ4v) is 2.88. The second kappa shape index (κ2) is 9.35. The van der Waals surface area contributed by atoms with Gasteiger partial charge in [0.15, 0.2) is 0 Å². The lowest BCUT2D eigenvalue weighted by molar-refractivity contribution is -0.148. The molecule has 0 aromatic heterocycles. The Morgan fingerprint density at radius 3 is 2.53 bits per heavy atom. The van der Waals surface area contributed by atoms with Crippen molar-refractivity contribution in [3.63, 3.8) is 0 Å². The number of hydrogen-bond donors (Lipinski definition) is 1. The summed E-state index contributed by atoms with van der Waals surface area (Å²) in [5.41, 5.74) is 6.05. The van der Waals surface area contributed by atoms with Gasteiger partial charge in [0, 0.05) is 0 Å². The van der Waals surface area contributed by atoms with Crippen molar-refractivity contribution in [2.75, 3.05) is 6.61 Å². The average Bonchev–Trinajstić information content (AvgIpc) is 2.47. The third-order valence-corrected chi connectivity index (χ3v) is 4.43. The van der Waals surface area contributed by atoms with E-state index in [9.17, 15) is 4.79 Å². The van der Waals surface area contributed by atoms with Gasteiger partial charge in [-0.2, -0.15) is 0 Å². The molecule has 0 spiro atoms. The van der Waals surface area contributed by atoms with Gasteiger partial charge in [0.2, 0.25) is 0 Å². The van der Waals surface area contributed by atoms with Gasteiger partial charge in [-0.25, -0.2) is 0 Å². The Labute approximate surface area is 118 Å². The van der Waals surface area contributed by atoms with Gasteiger partial charge in [-0.3, -0.25) is 4.79 Å². The maximum atomic E-state index is 12.0. The fraction of sp³-hybridized carbons (Fsp3) is 0.938. The summed E-state index contributed by atoms with van der Waals surface area (Å²) >= 11 is 0. The Kier molecular flexibility index (Phi) is 8.11. The number of unbranched alkanes of at least 4 members (excludes halogenated alkanes) is 1. The molecule has 0 saturated heterocycles. The summed E-state index contributed by atoms with van der Waals surface area (Å²) in [6, 6.07) is -0.399. The van der Waals surface area contributed by atoms with Crippen LogP contribution in [0.1, 0.15) is 71.6 Å². The van der Waals surface area contributed by atoms with Crippen molar-refractivity contribution in [3.05, 3.63) is 0 Å². The largest absolute Gasteiger partial charge is 0.464 e. The second-order valence-corrected chi connectivity index (χ2v) is 5.97. The third kappa shape index (κ3) is 5.94. The summed E-state index contributed by atoms with van der Waals surface area (Å²) in [5.74, 6) is 0.668. The molecule has 1 aliphatic carbocycles. The van der Waals surface area contributed by atoms with Crippen LogP contribution >= 0.6 is 0 Å². The van der Waals surface area contributed by atoms with Gasteiger partial charge in [0.1, 0.15) is 6.04 Å². The summed E-state index contributed by atoms with van der Waals surface area (Å²) in [4.78, 5) is 12.0. The lowest BCUT2D eigenvalue weighted by Crippen LogP contribution is -2.40. The SMILES string of the molecule is CCCCC(CC)COC(=O)C(N)C1CCCCC1. The Bertz CT molecular complexity index is 249. The van der Waals surface area contributed by atoms with Gasteiger partial charge in [0.25, 0.3) is 0 Å². The van der Waals surface area contributed by atoms with E-state index in [-0.39, 0.29) is 5.97 Å². The van der Waals surface area contributed by atoms with Gasteiger partial charge in [0.05, 0.1) is 6.61 Å². The first-order chi connectivity index (χ1) is 9.19. The van der Waals surface area contributed by atoms with Gasteiger partial charge >= 0.3 is 5.97 Å². The molecule has 2 N–H and O–H groups in total. The minimum Gasteiger partial charge on any atom is -0.464 e. The molecule has 1 rings (SSSR count). The van der Waals surface area contributed by atoms with E-state index in [1.807, 2.05) is 0 Å². The lowest BCUT2D eigenvalue weighted by atomic mass is 9.84. The molecule has 0 aliphatic heterocycles. The number of carbonyl (C=O) groups is 1. The molecule has 0 radical (unpaired) electrons. The summed E-state index contributed by atoms with van der Waals surface area (Å²) in [6.45, 7) is 4.91. The van der Waals surface area contributed by atoms with Crippen LogP contribution in [-0.2, 0) is 9.53 Å². The molecule has 2 unspecified atom stereocenters. The van der Waals surface area contributed by atoms with Crippen LogP contribution in [0.15, 0.2) is 0 Å². The Morgan fingerprint density at radius 1 is 1.26 bits per heavy atom. The molecule has 1 aliphatic rings. The van der Waals surface area contributed by atoms with E-state index in [2.05, 4.69) is 13.8 Å². The van der Waals surface area contributed by atoms with E-state index < -0.39 is 6.04 Å². The second-order valence-electron chi connectivity index (χ2n) is 5.97. The van der Waals surface area contributed by atoms with Crippen molar-refractivity contribution >= 4 is 5.97 Å². The maximum absolute atomic E-state index is 12.0. The highest BCUT2D eigenvalue weighted by Crippen LogP contribution is 2.26. The molecule has 0 bridgehead atoms. The smallest absolute Gasteiger partial charge is 0.323 e. The van der Waals surface area contributed by atoms with Crippen LogP contribution in [0.3, 0.4) is 0 Å². The van der Waals surface area contributed by atoms with Crippen LogP contribution in [0.25, 0.3) is 0 Å². The van der Waals surface area contributed by atoms with Crippen LogP contribution in [0.2, 0.25) is 0 Å². The molecule has 0 aromatic carbocycles. The van der Waals surface area contributed by atoms with E-state index in [1.165, 1.54) is 32.1 Å². The predicted octanol–water partition coefficient (Wildman–Crippen LogP) is 3.65. The van der Waals surface area contributed by atoms with Crippen molar-refractivity contribution in [1.29, 1.82) is 0 Å². The molecular formula is C16H31NO2. The molecule has 1 fully saturated rings. The normalized spacial score (nSPS) is 19.9. The summed E-state index contributed by atoms with van der Waals surface area (Å²) in [5, 5.41) is 0. The number of ether oxygens (including phenoxy) is 1. The average molecular weight is 269 g/mol. The number of esters is 1. The number of nitrogens with two attached hydrogens (primary N) is 1. The van der Waals surface area contributed by atoms with Crippen LogP contribution in [0.4, 0.5) is 0 Å². The van der Waals surface area contributed by atoms with Crippen molar-refractivity contribution in [3.8, 4) is 0 Å². The van der Waals surface area contributed by atoms with Gasteiger partial charge in [-0.1, -0.05) is 52.4 Å². The molecule has 0 aromatic rings. The lowest BCUT2D eigenvalue weighted by Gasteiger charge is -2.26. The first kappa shape index (κ1) is 16.5. The molecule has 0 heterocycles. The molecule has 1 saturated carbocycles. The van der Waals surface area contributed by atoms with Crippen LogP contribution in [-0.4, -0.2) is 18.6 Å². The molecule has 2 atom stereocenters. The number of carbonyl (C=O) groups excluding carboxylic acids is 1. The Balaban J connectivity index is 2.28. The highest BCUT2D eigenvalue weighted by atomic mass is 16.5. The summed E-state index contributed by atoms with van der Waals surface area (Å²) < 4.78 is 5.44. The maximum Gasteiger partial charge on any atom is 0.323 e. The van der Waals surface area contributed by atoms with E-state index in [1.54, 1.807) is 0 Å². The molecule has 19 heavy (non-hydrogen) atoms. The first-order valence-corrected chi connectivity index (χ1v) is 8.11. The zero-order valence-corrected chi connectivity index (χ0v) is 12.7. The van der Waals surface area contributed by atoms with Gasteiger partial charge < -0.3 is 10.5 Å². The van der Waals surface area contributed by atoms with Gasteiger partial charge in [-0.15, -0.1) is 0 Å². The highest BCUT2D eigenvalue weighted by molar-refractivity contribution is 5.75. The Morgan fingerprint density at radius 2 is 1.95 bits per heavy atom. The van der Waals surface area contributed by atoms with Crippen LogP contribution in [0.5, 0.6) is 0 Å².